The number of aromatic nitrogens is 2. The van der Waals surface area contributed by atoms with Crippen LogP contribution in [0.5, 0.6) is 0 Å². The first-order chi connectivity index (χ1) is 12.7. The minimum Gasteiger partial charge on any atom is -0.472 e. The van der Waals surface area contributed by atoms with E-state index in [1.165, 1.54) is 5.56 Å². The Hall–Kier alpha value is -2.38. The first kappa shape index (κ1) is 15.8. The maximum absolute atomic E-state index is 13.1. The Bertz CT molecular complexity index is 929. The fourth-order valence-electron chi connectivity index (χ4n) is 4.20. The van der Waals surface area contributed by atoms with E-state index in [1.54, 1.807) is 23.9 Å². The molecule has 1 amide bonds. The standard InChI is InChI=1S/C19H20N4O2S/c1-13-20-15(12-26-13)8-23-18-10-21(7-14-4-6-25-11-14)9-17(18)22-5-2-3-16(22)19(23)24/h2-6,11-12,17-18H,7-10H2,1H3. The number of rotatable bonds is 4. The molecule has 6 nitrogen and oxygen atoms in total. The number of likely N-dealkylation sites (tertiary alicyclic amines) is 1. The summed E-state index contributed by atoms with van der Waals surface area (Å²) in [6.45, 7) is 5.22. The number of hydrogen-bond acceptors (Lipinski definition) is 5. The molecule has 0 bridgehead atoms. The van der Waals surface area contributed by atoms with Crippen LogP contribution in [0.4, 0.5) is 0 Å². The van der Waals surface area contributed by atoms with E-state index in [2.05, 4.69) is 19.8 Å². The van der Waals surface area contributed by atoms with Crippen LogP contribution in [0.25, 0.3) is 0 Å². The van der Waals surface area contributed by atoms with Crippen LogP contribution in [0.1, 0.15) is 32.8 Å². The fourth-order valence-corrected chi connectivity index (χ4v) is 4.81. The van der Waals surface area contributed by atoms with Gasteiger partial charge in [0.15, 0.2) is 0 Å². The first-order valence-corrected chi connectivity index (χ1v) is 9.69. The Morgan fingerprint density at radius 2 is 2.15 bits per heavy atom. The third-order valence-corrected chi connectivity index (χ3v) is 6.16. The molecule has 1 saturated heterocycles. The summed E-state index contributed by atoms with van der Waals surface area (Å²) < 4.78 is 7.36. The Labute approximate surface area is 155 Å². The minimum atomic E-state index is 0.104. The van der Waals surface area contributed by atoms with Gasteiger partial charge in [-0.25, -0.2) is 4.98 Å². The summed E-state index contributed by atoms with van der Waals surface area (Å²) in [6.07, 6.45) is 5.55. The average Bonchev–Trinajstić information content (AvgIpc) is 3.39. The number of fused-ring (bicyclic) bond motifs is 3. The number of carbonyl (C=O) groups is 1. The molecule has 1 fully saturated rings. The number of nitrogens with zero attached hydrogens (tertiary/aromatic N) is 4. The SMILES string of the molecule is Cc1nc(CN2C(=O)c3cccn3C3CN(Cc4ccoc4)CC32)cs1. The summed E-state index contributed by atoms with van der Waals surface area (Å²) in [5.41, 5.74) is 2.93. The maximum atomic E-state index is 13.1. The monoisotopic (exact) mass is 368 g/mol. The van der Waals surface area contributed by atoms with E-state index in [0.717, 1.165) is 36.0 Å². The minimum absolute atomic E-state index is 0.104. The molecular formula is C19H20N4O2S. The molecule has 2 aliphatic rings. The van der Waals surface area contributed by atoms with Gasteiger partial charge in [0.25, 0.3) is 5.91 Å². The van der Waals surface area contributed by atoms with E-state index in [0.29, 0.717) is 6.54 Å². The summed E-state index contributed by atoms with van der Waals surface area (Å²) in [7, 11) is 0. The second-order valence-electron chi connectivity index (χ2n) is 7.05. The molecule has 3 aromatic heterocycles. The molecule has 134 valence electrons. The van der Waals surface area contributed by atoms with Crippen LogP contribution in [-0.4, -0.2) is 44.4 Å². The summed E-state index contributed by atoms with van der Waals surface area (Å²) >= 11 is 1.63. The zero-order valence-corrected chi connectivity index (χ0v) is 15.4. The number of furan rings is 1. The van der Waals surface area contributed by atoms with Gasteiger partial charge < -0.3 is 13.9 Å². The largest absolute Gasteiger partial charge is 0.472 e. The summed E-state index contributed by atoms with van der Waals surface area (Å²) in [4.78, 5) is 22.1. The number of amides is 1. The van der Waals surface area contributed by atoms with Gasteiger partial charge in [0.05, 0.1) is 41.9 Å². The van der Waals surface area contributed by atoms with Crippen molar-refractivity contribution in [3.05, 3.63) is 64.3 Å². The Balaban J connectivity index is 1.45. The molecule has 0 radical (unpaired) electrons. The van der Waals surface area contributed by atoms with Gasteiger partial charge in [0, 0.05) is 36.8 Å². The molecule has 2 aliphatic heterocycles. The Morgan fingerprint density at radius 1 is 1.27 bits per heavy atom. The molecule has 2 unspecified atom stereocenters. The average molecular weight is 368 g/mol. The van der Waals surface area contributed by atoms with E-state index >= 15 is 0 Å². The third kappa shape index (κ3) is 2.59. The Kier molecular flexibility index (Phi) is 3.72. The van der Waals surface area contributed by atoms with Crippen LogP contribution < -0.4 is 0 Å². The van der Waals surface area contributed by atoms with Gasteiger partial charge in [-0.1, -0.05) is 0 Å². The van der Waals surface area contributed by atoms with Crippen molar-refractivity contribution in [1.82, 2.24) is 19.4 Å². The lowest BCUT2D eigenvalue weighted by atomic mass is 10.1. The van der Waals surface area contributed by atoms with Crippen molar-refractivity contribution in [1.29, 1.82) is 0 Å². The number of carbonyl (C=O) groups excluding carboxylic acids is 1. The van der Waals surface area contributed by atoms with Gasteiger partial charge in [-0.05, 0) is 25.1 Å². The van der Waals surface area contributed by atoms with Crippen LogP contribution >= 0.6 is 11.3 Å². The third-order valence-electron chi connectivity index (χ3n) is 5.34. The van der Waals surface area contributed by atoms with E-state index in [1.807, 2.05) is 36.2 Å². The second-order valence-corrected chi connectivity index (χ2v) is 8.11. The fraction of sp³-hybridized carbons (Fsp3) is 0.368. The van der Waals surface area contributed by atoms with E-state index in [4.69, 9.17) is 4.42 Å². The molecule has 0 aromatic carbocycles. The molecule has 0 saturated carbocycles. The van der Waals surface area contributed by atoms with Gasteiger partial charge in [0.1, 0.15) is 5.69 Å². The molecule has 0 N–H and O–H groups in total. The molecular weight excluding hydrogens is 348 g/mol. The van der Waals surface area contributed by atoms with Crippen molar-refractivity contribution in [3.8, 4) is 0 Å². The van der Waals surface area contributed by atoms with Crippen LogP contribution in [0.3, 0.4) is 0 Å². The zero-order chi connectivity index (χ0) is 17.7. The van der Waals surface area contributed by atoms with Crippen molar-refractivity contribution in [2.45, 2.75) is 32.1 Å². The molecule has 5 heterocycles. The first-order valence-electron chi connectivity index (χ1n) is 8.81. The summed E-state index contributed by atoms with van der Waals surface area (Å²) in [5.74, 6) is 0.104. The van der Waals surface area contributed by atoms with E-state index in [9.17, 15) is 4.79 Å². The van der Waals surface area contributed by atoms with Crippen LogP contribution in [-0.2, 0) is 13.1 Å². The smallest absolute Gasteiger partial charge is 0.271 e. The van der Waals surface area contributed by atoms with Crippen molar-refractivity contribution < 1.29 is 9.21 Å². The molecule has 7 heteroatoms. The molecule has 26 heavy (non-hydrogen) atoms. The van der Waals surface area contributed by atoms with Gasteiger partial charge >= 0.3 is 0 Å². The highest BCUT2D eigenvalue weighted by Gasteiger charge is 2.45. The van der Waals surface area contributed by atoms with Gasteiger partial charge in [-0.3, -0.25) is 9.69 Å². The van der Waals surface area contributed by atoms with Crippen molar-refractivity contribution >= 4 is 17.2 Å². The van der Waals surface area contributed by atoms with E-state index < -0.39 is 0 Å². The zero-order valence-electron chi connectivity index (χ0n) is 14.5. The van der Waals surface area contributed by atoms with Crippen LogP contribution in [0, 0.1) is 6.92 Å². The molecule has 0 aliphatic carbocycles. The highest BCUT2D eigenvalue weighted by Crippen LogP contribution is 2.35. The van der Waals surface area contributed by atoms with Gasteiger partial charge in [-0.2, -0.15) is 0 Å². The predicted octanol–water partition coefficient (Wildman–Crippen LogP) is 2.93. The molecule has 3 aromatic rings. The van der Waals surface area contributed by atoms with Crippen molar-refractivity contribution in [2.75, 3.05) is 13.1 Å². The highest BCUT2D eigenvalue weighted by molar-refractivity contribution is 7.09. The Morgan fingerprint density at radius 3 is 2.92 bits per heavy atom. The van der Waals surface area contributed by atoms with Crippen molar-refractivity contribution in [3.63, 3.8) is 0 Å². The van der Waals surface area contributed by atoms with E-state index in [-0.39, 0.29) is 18.0 Å². The summed E-state index contributed by atoms with van der Waals surface area (Å²) in [6, 6.07) is 6.35. The predicted molar refractivity (Wildman–Crippen MR) is 98.0 cm³/mol. The summed E-state index contributed by atoms with van der Waals surface area (Å²) in [5, 5.41) is 3.10. The van der Waals surface area contributed by atoms with Crippen LogP contribution in [0.15, 0.2) is 46.7 Å². The molecule has 0 spiro atoms. The van der Waals surface area contributed by atoms with Gasteiger partial charge in [-0.15, -0.1) is 11.3 Å². The van der Waals surface area contributed by atoms with Crippen molar-refractivity contribution in [2.24, 2.45) is 0 Å². The van der Waals surface area contributed by atoms with Gasteiger partial charge in [0.2, 0.25) is 0 Å². The lowest BCUT2D eigenvalue weighted by molar-refractivity contribution is 0.0553. The number of aryl methyl sites for hydroxylation is 1. The number of thiazole rings is 1. The molecule has 5 rings (SSSR count). The normalized spacial score (nSPS) is 22.7. The highest BCUT2D eigenvalue weighted by atomic mass is 32.1. The topological polar surface area (TPSA) is 54.5 Å². The quantitative estimate of drug-likeness (QED) is 0.711. The lowest BCUT2D eigenvalue weighted by Crippen LogP contribution is -2.49. The maximum Gasteiger partial charge on any atom is 0.271 e. The second kappa shape index (κ2) is 6.10. The molecule has 2 atom stereocenters. The van der Waals surface area contributed by atoms with Crippen LogP contribution in [0.2, 0.25) is 0 Å². The number of hydrogen-bond donors (Lipinski definition) is 0. The lowest BCUT2D eigenvalue weighted by Gasteiger charge is -2.38.